The third kappa shape index (κ3) is 2.64. The summed E-state index contributed by atoms with van der Waals surface area (Å²) in [5.74, 6) is 0.801. The highest BCUT2D eigenvalue weighted by Crippen LogP contribution is 2.23. The van der Waals surface area contributed by atoms with Gasteiger partial charge in [-0.1, -0.05) is 0 Å². The highest BCUT2D eigenvalue weighted by atomic mass is 16.3. The van der Waals surface area contributed by atoms with Crippen molar-refractivity contribution in [2.24, 2.45) is 11.7 Å². The highest BCUT2D eigenvalue weighted by Gasteiger charge is 2.27. The summed E-state index contributed by atoms with van der Waals surface area (Å²) in [7, 11) is 0. The van der Waals surface area contributed by atoms with Crippen LogP contribution in [0.3, 0.4) is 0 Å². The summed E-state index contributed by atoms with van der Waals surface area (Å²) >= 11 is 0. The van der Waals surface area contributed by atoms with Crippen LogP contribution in [0.2, 0.25) is 0 Å². The van der Waals surface area contributed by atoms with Crippen molar-refractivity contribution in [2.75, 3.05) is 19.6 Å². The van der Waals surface area contributed by atoms with E-state index < -0.39 is 0 Å². The number of benzene rings is 1. The zero-order valence-electron chi connectivity index (χ0n) is 10.7. The second kappa shape index (κ2) is 5.40. The van der Waals surface area contributed by atoms with Gasteiger partial charge in [-0.2, -0.15) is 0 Å². The SMILES string of the molecule is Cc1cc(O)ccc1C(=O)N1CCC(CCN)C1. The monoisotopic (exact) mass is 248 g/mol. The first-order valence-electron chi connectivity index (χ1n) is 6.40. The number of carbonyl (C=O) groups is 1. The number of phenolic OH excluding ortho intramolecular Hbond substituents is 1. The van der Waals surface area contributed by atoms with Crippen LogP contribution in [0.25, 0.3) is 0 Å². The summed E-state index contributed by atoms with van der Waals surface area (Å²) in [5.41, 5.74) is 7.05. The molecule has 0 spiro atoms. The number of aryl methyl sites for hydroxylation is 1. The number of nitrogens with zero attached hydrogens (tertiary/aromatic N) is 1. The molecule has 18 heavy (non-hydrogen) atoms. The van der Waals surface area contributed by atoms with Gasteiger partial charge in [0.1, 0.15) is 5.75 Å². The third-order valence-electron chi connectivity index (χ3n) is 3.59. The number of nitrogens with two attached hydrogens (primary N) is 1. The van der Waals surface area contributed by atoms with Crippen LogP contribution in [0, 0.1) is 12.8 Å². The Kier molecular flexibility index (Phi) is 3.87. The number of aromatic hydroxyl groups is 1. The van der Waals surface area contributed by atoms with Crippen LogP contribution >= 0.6 is 0 Å². The molecular weight excluding hydrogens is 228 g/mol. The zero-order chi connectivity index (χ0) is 13.1. The standard InChI is InChI=1S/C14H20N2O2/c1-10-8-12(17)2-3-13(10)14(18)16-7-5-11(9-16)4-6-15/h2-3,8,11,17H,4-7,9,15H2,1H3. The predicted octanol–water partition coefficient (Wildman–Crippen LogP) is 1.51. The summed E-state index contributed by atoms with van der Waals surface area (Å²) in [5, 5.41) is 9.36. The van der Waals surface area contributed by atoms with Crippen LogP contribution in [0.1, 0.15) is 28.8 Å². The van der Waals surface area contributed by atoms with Gasteiger partial charge in [-0.15, -0.1) is 0 Å². The van der Waals surface area contributed by atoms with E-state index in [1.807, 2.05) is 11.8 Å². The molecule has 0 aliphatic carbocycles. The number of rotatable bonds is 3. The van der Waals surface area contributed by atoms with E-state index in [1.165, 1.54) is 0 Å². The maximum Gasteiger partial charge on any atom is 0.254 e. The summed E-state index contributed by atoms with van der Waals surface area (Å²) in [6.07, 6.45) is 2.03. The highest BCUT2D eigenvalue weighted by molar-refractivity contribution is 5.96. The van der Waals surface area contributed by atoms with Crippen LogP contribution in [-0.4, -0.2) is 35.5 Å². The van der Waals surface area contributed by atoms with Gasteiger partial charge in [0.2, 0.25) is 0 Å². The van der Waals surface area contributed by atoms with E-state index in [-0.39, 0.29) is 11.7 Å². The first-order chi connectivity index (χ1) is 8.61. The number of carbonyl (C=O) groups excluding carboxylic acids is 1. The van der Waals surface area contributed by atoms with Crippen molar-refractivity contribution < 1.29 is 9.90 Å². The second-order valence-electron chi connectivity index (χ2n) is 4.98. The fourth-order valence-electron chi connectivity index (χ4n) is 2.55. The largest absolute Gasteiger partial charge is 0.508 e. The molecule has 1 heterocycles. The summed E-state index contributed by atoms with van der Waals surface area (Å²) in [6.45, 7) is 4.14. The fourth-order valence-corrected chi connectivity index (χ4v) is 2.55. The lowest BCUT2D eigenvalue weighted by Gasteiger charge is -2.17. The second-order valence-corrected chi connectivity index (χ2v) is 4.98. The molecular formula is C14H20N2O2. The summed E-state index contributed by atoms with van der Waals surface area (Å²) in [4.78, 5) is 14.2. The van der Waals surface area contributed by atoms with Gasteiger partial charge in [0, 0.05) is 18.7 Å². The molecule has 0 saturated carbocycles. The van der Waals surface area contributed by atoms with Crippen molar-refractivity contribution in [1.82, 2.24) is 4.90 Å². The van der Waals surface area contributed by atoms with E-state index in [1.54, 1.807) is 18.2 Å². The van der Waals surface area contributed by atoms with Gasteiger partial charge in [0.25, 0.3) is 5.91 Å². The number of phenols is 1. The molecule has 3 N–H and O–H groups in total. The average Bonchev–Trinajstić information content (AvgIpc) is 2.77. The normalized spacial score (nSPS) is 19.2. The molecule has 1 aromatic carbocycles. The van der Waals surface area contributed by atoms with Gasteiger partial charge < -0.3 is 15.7 Å². The van der Waals surface area contributed by atoms with E-state index in [2.05, 4.69) is 0 Å². The Bertz CT molecular complexity index is 445. The van der Waals surface area contributed by atoms with Crippen LogP contribution < -0.4 is 5.73 Å². The smallest absolute Gasteiger partial charge is 0.254 e. The Morgan fingerprint density at radius 3 is 3.00 bits per heavy atom. The molecule has 1 saturated heterocycles. The topological polar surface area (TPSA) is 66.6 Å². The molecule has 1 aromatic rings. The van der Waals surface area contributed by atoms with Crippen LogP contribution in [0.4, 0.5) is 0 Å². The van der Waals surface area contributed by atoms with E-state index >= 15 is 0 Å². The van der Waals surface area contributed by atoms with Crippen LogP contribution in [0.15, 0.2) is 18.2 Å². The molecule has 1 aliphatic rings. The minimum Gasteiger partial charge on any atom is -0.508 e. The third-order valence-corrected chi connectivity index (χ3v) is 3.59. The molecule has 1 atom stereocenters. The van der Waals surface area contributed by atoms with Gasteiger partial charge in [-0.3, -0.25) is 4.79 Å². The minimum atomic E-state index is 0.0621. The maximum atomic E-state index is 12.3. The Balaban J connectivity index is 2.08. The van der Waals surface area contributed by atoms with Crippen molar-refractivity contribution in [3.63, 3.8) is 0 Å². The molecule has 0 bridgehead atoms. The molecule has 2 rings (SSSR count). The Hall–Kier alpha value is -1.55. The van der Waals surface area contributed by atoms with E-state index in [9.17, 15) is 9.90 Å². The molecule has 0 radical (unpaired) electrons. The molecule has 4 heteroatoms. The zero-order valence-corrected chi connectivity index (χ0v) is 10.7. The van der Waals surface area contributed by atoms with E-state index in [0.29, 0.717) is 18.0 Å². The van der Waals surface area contributed by atoms with E-state index in [0.717, 1.165) is 31.5 Å². The van der Waals surface area contributed by atoms with Crippen molar-refractivity contribution in [1.29, 1.82) is 0 Å². The quantitative estimate of drug-likeness (QED) is 0.852. The summed E-state index contributed by atoms with van der Waals surface area (Å²) < 4.78 is 0. The fraction of sp³-hybridized carbons (Fsp3) is 0.500. The molecule has 4 nitrogen and oxygen atoms in total. The minimum absolute atomic E-state index is 0.0621. The van der Waals surface area contributed by atoms with Crippen LogP contribution in [-0.2, 0) is 0 Å². The van der Waals surface area contributed by atoms with Gasteiger partial charge in [0.15, 0.2) is 0 Å². The number of amides is 1. The molecule has 98 valence electrons. The molecule has 1 fully saturated rings. The van der Waals surface area contributed by atoms with Gasteiger partial charge in [-0.25, -0.2) is 0 Å². The van der Waals surface area contributed by atoms with Crippen molar-refractivity contribution >= 4 is 5.91 Å². The average molecular weight is 248 g/mol. The van der Waals surface area contributed by atoms with Crippen molar-refractivity contribution in [3.8, 4) is 5.75 Å². The number of likely N-dealkylation sites (tertiary alicyclic amines) is 1. The van der Waals surface area contributed by atoms with Crippen molar-refractivity contribution in [3.05, 3.63) is 29.3 Å². The molecule has 1 unspecified atom stereocenters. The lowest BCUT2D eigenvalue weighted by atomic mass is 10.1. The van der Waals surface area contributed by atoms with Crippen molar-refractivity contribution in [2.45, 2.75) is 19.8 Å². The van der Waals surface area contributed by atoms with E-state index in [4.69, 9.17) is 5.73 Å². The molecule has 0 aromatic heterocycles. The number of hydrogen-bond acceptors (Lipinski definition) is 3. The number of hydrogen-bond donors (Lipinski definition) is 2. The van der Waals surface area contributed by atoms with Gasteiger partial charge in [-0.05, 0) is 56.0 Å². The Morgan fingerprint density at radius 2 is 2.33 bits per heavy atom. The van der Waals surface area contributed by atoms with Crippen LogP contribution in [0.5, 0.6) is 5.75 Å². The molecule has 1 aliphatic heterocycles. The summed E-state index contributed by atoms with van der Waals surface area (Å²) in [6, 6.07) is 4.89. The first-order valence-corrected chi connectivity index (χ1v) is 6.40. The van der Waals surface area contributed by atoms with Gasteiger partial charge >= 0.3 is 0 Å². The maximum absolute atomic E-state index is 12.3. The first kappa shape index (κ1) is 12.9. The Morgan fingerprint density at radius 1 is 1.56 bits per heavy atom. The molecule has 1 amide bonds. The Labute approximate surface area is 107 Å². The predicted molar refractivity (Wildman–Crippen MR) is 70.5 cm³/mol. The lowest BCUT2D eigenvalue weighted by Crippen LogP contribution is -2.29. The lowest BCUT2D eigenvalue weighted by molar-refractivity contribution is 0.0786. The van der Waals surface area contributed by atoms with Gasteiger partial charge in [0.05, 0.1) is 0 Å².